The van der Waals surface area contributed by atoms with Gasteiger partial charge in [-0.2, -0.15) is 0 Å². The van der Waals surface area contributed by atoms with Crippen molar-refractivity contribution in [2.24, 2.45) is 0 Å². The molecule has 1 saturated heterocycles. The zero-order chi connectivity index (χ0) is 20.8. The number of amides is 1. The van der Waals surface area contributed by atoms with E-state index in [4.69, 9.17) is 44.9 Å². The maximum Gasteiger partial charge on any atom is 0.257 e. The Labute approximate surface area is 185 Å². The van der Waals surface area contributed by atoms with Crippen LogP contribution in [0.3, 0.4) is 0 Å². The van der Waals surface area contributed by atoms with E-state index in [1.807, 2.05) is 24.3 Å². The normalized spacial score (nSPS) is 14.3. The number of hydrogen-bond acceptors (Lipinski definition) is 5. The van der Waals surface area contributed by atoms with E-state index < -0.39 is 5.91 Å². The van der Waals surface area contributed by atoms with Crippen LogP contribution in [0.15, 0.2) is 36.4 Å². The fourth-order valence-electron chi connectivity index (χ4n) is 2.93. The van der Waals surface area contributed by atoms with Gasteiger partial charge in [0.05, 0.1) is 30.4 Å². The molecule has 1 aliphatic heterocycles. The average Bonchev–Trinajstić information content (AvgIpc) is 2.70. The molecule has 2 aromatic rings. The lowest BCUT2D eigenvalue weighted by Gasteiger charge is -2.26. The molecule has 2 N–H and O–H groups in total. The van der Waals surface area contributed by atoms with E-state index in [-0.39, 0.29) is 20.7 Å². The summed E-state index contributed by atoms with van der Waals surface area (Å²) in [5, 5.41) is 6.30. The van der Waals surface area contributed by atoms with Gasteiger partial charge in [0.15, 0.2) is 10.9 Å². The van der Waals surface area contributed by atoms with Gasteiger partial charge >= 0.3 is 0 Å². The zero-order valence-corrected chi connectivity index (χ0v) is 18.2. The number of morpholine rings is 1. The molecule has 9 heteroatoms. The lowest BCUT2D eigenvalue weighted by atomic mass is 10.2. The van der Waals surface area contributed by atoms with E-state index in [0.717, 1.165) is 38.5 Å². The Hall–Kier alpha value is -1.90. The highest BCUT2D eigenvalue weighted by Crippen LogP contribution is 2.33. The first-order valence-electron chi connectivity index (χ1n) is 9.00. The smallest absolute Gasteiger partial charge is 0.257 e. The van der Waals surface area contributed by atoms with Crippen molar-refractivity contribution in [1.29, 1.82) is 0 Å². The summed E-state index contributed by atoms with van der Waals surface area (Å²) in [6.07, 6.45) is 0. The van der Waals surface area contributed by atoms with Crippen molar-refractivity contribution in [2.45, 2.75) is 6.54 Å². The van der Waals surface area contributed by atoms with Gasteiger partial charge in [-0.05, 0) is 42.0 Å². The van der Waals surface area contributed by atoms with Gasteiger partial charge < -0.3 is 14.8 Å². The Bertz CT molecular complexity index is 864. The number of benzene rings is 2. The second kappa shape index (κ2) is 10.2. The van der Waals surface area contributed by atoms with Crippen molar-refractivity contribution >= 4 is 52.1 Å². The largest absolute Gasteiger partial charge is 0.494 e. The molecule has 0 radical (unpaired) electrons. The van der Waals surface area contributed by atoms with Crippen LogP contribution in [0.1, 0.15) is 15.9 Å². The summed E-state index contributed by atoms with van der Waals surface area (Å²) in [5.41, 5.74) is 2.27. The fourth-order valence-corrected chi connectivity index (χ4v) is 3.79. The molecule has 0 spiro atoms. The van der Waals surface area contributed by atoms with Gasteiger partial charge in [-0.25, -0.2) is 0 Å². The maximum atomic E-state index is 12.4. The number of nitrogens with zero attached hydrogens (tertiary/aromatic N) is 1. The highest BCUT2D eigenvalue weighted by Gasteiger charge is 2.15. The molecular formula is C20H21Cl2N3O3S. The number of thiocarbonyl (C=S) groups is 1. The highest BCUT2D eigenvalue weighted by molar-refractivity contribution is 7.80. The zero-order valence-electron chi connectivity index (χ0n) is 15.8. The molecule has 3 rings (SSSR count). The molecule has 6 nitrogen and oxygen atoms in total. The number of ether oxygens (including phenoxy) is 2. The molecule has 0 unspecified atom stereocenters. The van der Waals surface area contributed by atoms with Gasteiger partial charge in [0, 0.05) is 30.9 Å². The molecule has 1 amide bonds. The van der Waals surface area contributed by atoms with Gasteiger partial charge in [0.2, 0.25) is 0 Å². The predicted octanol–water partition coefficient (Wildman–Crippen LogP) is 3.96. The van der Waals surface area contributed by atoms with Gasteiger partial charge in [-0.1, -0.05) is 35.3 Å². The molecule has 154 valence electrons. The predicted molar refractivity (Wildman–Crippen MR) is 119 cm³/mol. The van der Waals surface area contributed by atoms with Crippen LogP contribution in [-0.4, -0.2) is 49.3 Å². The number of rotatable bonds is 5. The number of nitrogens with one attached hydrogen (secondary N) is 2. The number of methoxy groups -OCH3 is 1. The first-order chi connectivity index (χ1) is 14.0. The molecule has 0 saturated carbocycles. The lowest BCUT2D eigenvalue weighted by Crippen LogP contribution is -2.35. The van der Waals surface area contributed by atoms with E-state index in [1.165, 1.54) is 24.8 Å². The summed E-state index contributed by atoms with van der Waals surface area (Å²) in [6.45, 7) is 4.31. The van der Waals surface area contributed by atoms with Gasteiger partial charge in [-0.15, -0.1) is 0 Å². The third-order valence-electron chi connectivity index (χ3n) is 4.41. The van der Waals surface area contributed by atoms with Crippen LogP contribution in [-0.2, 0) is 11.3 Å². The van der Waals surface area contributed by atoms with Gasteiger partial charge in [-0.3, -0.25) is 15.0 Å². The molecule has 1 fully saturated rings. The summed E-state index contributed by atoms with van der Waals surface area (Å²) in [7, 11) is 1.46. The van der Waals surface area contributed by atoms with Gasteiger partial charge in [0.25, 0.3) is 5.91 Å². The van der Waals surface area contributed by atoms with Crippen molar-refractivity contribution in [3.63, 3.8) is 0 Å². The average molecular weight is 454 g/mol. The summed E-state index contributed by atoms with van der Waals surface area (Å²) in [4.78, 5) is 14.8. The van der Waals surface area contributed by atoms with Crippen LogP contribution in [0, 0.1) is 0 Å². The molecule has 2 aromatic carbocycles. The van der Waals surface area contributed by atoms with Crippen LogP contribution in [0.25, 0.3) is 0 Å². The Kier molecular flexibility index (Phi) is 7.69. The highest BCUT2D eigenvalue weighted by atomic mass is 35.5. The number of anilines is 1. The first-order valence-corrected chi connectivity index (χ1v) is 10.2. The van der Waals surface area contributed by atoms with E-state index in [9.17, 15) is 4.79 Å². The van der Waals surface area contributed by atoms with E-state index in [2.05, 4.69) is 15.5 Å². The minimum absolute atomic E-state index is 0.180. The number of hydrogen-bond donors (Lipinski definition) is 2. The van der Waals surface area contributed by atoms with Crippen LogP contribution >= 0.6 is 35.4 Å². The second-order valence-electron chi connectivity index (χ2n) is 6.47. The van der Waals surface area contributed by atoms with Crippen molar-refractivity contribution in [3.05, 3.63) is 57.6 Å². The van der Waals surface area contributed by atoms with E-state index in [1.54, 1.807) is 0 Å². The van der Waals surface area contributed by atoms with Crippen molar-refractivity contribution < 1.29 is 14.3 Å². The Morgan fingerprint density at radius 2 is 1.79 bits per heavy atom. The van der Waals surface area contributed by atoms with Crippen LogP contribution in [0.4, 0.5) is 5.69 Å². The topological polar surface area (TPSA) is 62.8 Å². The Morgan fingerprint density at radius 3 is 2.38 bits per heavy atom. The van der Waals surface area contributed by atoms with Crippen LogP contribution < -0.4 is 15.4 Å². The van der Waals surface area contributed by atoms with E-state index in [0.29, 0.717) is 5.75 Å². The Balaban J connectivity index is 1.55. The molecule has 1 aliphatic rings. The second-order valence-corrected chi connectivity index (χ2v) is 7.69. The number of carbonyl (C=O) groups excluding carboxylic acids is 1. The standard InChI is InChI=1S/C20H21Cl2N3O3S/c1-27-18-16(21)10-14(11-17(18)22)19(26)24-20(29)23-15-4-2-13(3-5-15)12-25-6-8-28-9-7-25/h2-5,10-11H,6-9,12H2,1H3,(H2,23,24,26,29). The molecule has 0 aromatic heterocycles. The quantitative estimate of drug-likeness (QED) is 0.667. The number of halogens is 2. The minimum Gasteiger partial charge on any atom is -0.494 e. The monoisotopic (exact) mass is 453 g/mol. The summed E-state index contributed by atoms with van der Waals surface area (Å²) >= 11 is 17.4. The van der Waals surface area contributed by atoms with Crippen LogP contribution in [0.5, 0.6) is 5.75 Å². The SMILES string of the molecule is COc1c(Cl)cc(C(=O)NC(=S)Nc2ccc(CN3CCOCC3)cc2)cc1Cl. The Morgan fingerprint density at radius 1 is 1.17 bits per heavy atom. The maximum absolute atomic E-state index is 12.4. The van der Waals surface area contributed by atoms with Crippen molar-refractivity contribution in [1.82, 2.24) is 10.2 Å². The summed E-state index contributed by atoms with van der Waals surface area (Å²) < 4.78 is 10.5. The molecule has 1 heterocycles. The van der Waals surface area contributed by atoms with Gasteiger partial charge in [0.1, 0.15) is 0 Å². The van der Waals surface area contributed by atoms with Crippen molar-refractivity contribution in [2.75, 3.05) is 38.7 Å². The molecule has 0 bridgehead atoms. The molecular weight excluding hydrogens is 433 g/mol. The van der Waals surface area contributed by atoms with Crippen LogP contribution in [0.2, 0.25) is 10.0 Å². The number of carbonyl (C=O) groups is 1. The summed E-state index contributed by atoms with van der Waals surface area (Å²) in [5.74, 6) is -0.0966. The fraction of sp³-hybridized carbons (Fsp3) is 0.300. The van der Waals surface area contributed by atoms with Crippen molar-refractivity contribution in [3.8, 4) is 5.75 Å². The molecule has 0 aliphatic carbocycles. The summed E-state index contributed by atoms with van der Waals surface area (Å²) in [6, 6.07) is 10.9. The lowest BCUT2D eigenvalue weighted by molar-refractivity contribution is 0.0342. The minimum atomic E-state index is -0.419. The third kappa shape index (κ3) is 6.04. The molecule has 29 heavy (non-hydrogen) atoms. The van der Waals surface area contributed by atoms with E-state index >= 15 is 0 Å². The first kappa shape index (κ1) is 21.8. The molecule has 0 atom stereocenters. The third-order valence-corrected chi connectivity index (χ3v) is 5.18.